The van der Waals surface area contributed by atoms with Gasteiger partial charge in [0.15, 0.2) is 5.75 Å². The van der Waals surface area contributed by atoms with Crippen LogP contribution in [0.1, 0.15) is 34.5 Å². The number of aliphatic hydroxyl groups excluding tert-OH is 1. The first kappa shape index (κ1) is 21.3. The lowest BCUT2D eigenvalue weighted by atomic mass is 9.99. The zero-order valence-electron chi connectivity index (χ0n) is 16.0. The fourth-order valence-corrected chi connectivity index (χ4v) is 3.14. The number of amides is 1. The van der Waals surface area contributed by atoms with E-state index in [0.717, 1.165) is 6.07 Å². The lowest BCUT2D eigenvalue weighted by Crippen LogP contribution is -2.15. The molecule has 30 heavy (non-hydrogen) atoms. The van der Waals surface area contributed by atoms with Gasteiger partial charge in [-0.3, -0.25) is 14.9 Å². The van der Waals surface area contributed by atoms with Crippen LogP contribution in [0.3, 0.4) is 0 Å². The van der Waals surface area contributed by atoms with Crippen LogP contribution in [0.4, 0.5) is 11.4 Å². The van der Waals surface area contributed by atoms with E-state index in [1.807, 2.05) is 6.07 Å². The number of hydrogen-bond acceptors (Lipinski definition) is 5. The van der Waals surface area contributed by atoms with Gasteiger partial charge in [-0.25, -0.2) is 0 Å². The van der Waals surface area contributed by atoms with E-state index >= 15 is 0 Å². The summed E-state index contributed by atoms with van der Waals surface area (Å²) in [5.41, 5.74) is 1.16. The molecule has 0 aromatic heterocycles. The van der Waals surface area contributed by atoms with Gasteiger partial charge < -0.3 is 15.2 Å². The Bertz CT molecular complexity index is 1070. The van der Waals surface area contributed by atoms with Crippen molar-refractivity contribution in [2.45, 2.75) is 13.0 Å². The average molecular weight is 427 g/mol. The number of nitrogens with one attached hydrogen (secondary N) is 1. The van der Waals surface area contributed by atoms with Crippen molar-refractivity contribution in [2.75, 3.05) is 11.9 Å². The number of carbonyl (C=O) groups is 1. The predicted octanol–water partition coefficient (Wildman–Crippen LogP) is 4.98. The summed E-state index contributed by atoms with van der Waals surface area (Å²) in [6.45, 7) is 1.97. The van der Waals surface area contributed by atoms with Crippen molar-refractivity contribution in [2.24, 2.45) is 0 Å². The summed E-state index contributed by atoms with van der Waals surface area (Å²) >= 11 is 6.09. The summed E-state index contributed by atoms with van der Waals surface area (Å²) in [6, 6.07) is 17.6. The van der Waals surface area contributed by atoms with Gasteiger partial charge in [0, 0.05) is 27.9 Å². The topological polar surface area (TPSA) is 102 Å². The van der Waals surface area contributed by atoms with E-state index in [9.17, 15) is 20.0 Å². The minimum absolute atomic E-state index is 0.0836. The molecule has 0 spiro atoms. The molecule has 0 aliphatic carbocycles. The third-order valence-electron chi connectivity index (χ3n) is 4.39. The summed E-state index contributed by atoms with van der Waals surface area (Å²) in [7, 11) is 0. The molecule has 0 bridgehead atoms. The molecule has 0 saturated carbocycles. The molecule has 0 fully saturated rings. The molecular formula is C22H19ClN2O5. The molecule has 7 nitrogen and oxygen atoms in total. The largest absolute Gasteiger partial charge is 0.487 e. The number of carbonyl (C=O) groups excluding carboxylic acids is 1. The minimum Gasteiger partial charge on any atom is -0.487 e. The van der Waals surface area contributed by atoms with Gasteiger partial charge >= 0.3 is 5.69 Å². The van der Waals surface area contributed by atoms with E-state index < -0.39 is 16.9 Å². The van der Waals surface area contributed by atoms with Crippen molar-refractivity contribution in [1.29, 1.82) is 0 Å². The number of nitrogens with zero attached hydrogens (tertiary/aromatic N) is 1. The van der Waals surface area contributed by atoms with Crippen molar-refractivity contribution in [3.63, 3.8) is 0 Å². The number of hydrogen-bond donors (Lipinski definition) is 2. The van der Waals surface area contributed by atoms with Gasteiger partial charge in [-0.05, 0) is 42.8 Å². The van der Waals surface area contributed by atoms with E-state index in [1.165, 1.54) is 12.1 Å². The van der Waals surface area contributed by atoms with Crippen LogP contribution in [0.2, 0.25) is 5.02 Å². The average Bonchev–Trinajstić information content (AvgIpc) is 2.75. The number of rotatable bonds is 7. The van der Waals surface area contributed by atoms with Crippen LogP contribution in [0.15, 0.2) is 66.7 Å². The van der Waals surface area contributed by atoms with Gasteiger partial charge in [0.2, 0.25) is 0 Å². The maximum absolute atomic E-state index is 12.8. The van der Waals surface area contributed by atoms with E-state index in [-0.39, 0.29) is 23.6 Å². The molecule has 0 aliphatic rings. The second kappa shape index (κ2) is 9.39. The highest BCUT2D eigenvalue weighted by atomic mass is 35.5. The summed E-state index contributed by atoms with van der Waals surface area (Å²) in [4.78, 5) is 23.5. The first-order valence-electron chi connectivity index (χ1n) is 9.15. The number of aliphatic hydroxyl groups is 1. The highest BCUT2D eigenvalue weighted by molar-refractivity contribution is 6.30. The van der Waals surface area contributed by atoms with Gasteiger partial charge in [0.1, 0.15) is 6.10 Å². The van der Waals surface area contributed by atoms with Gasteiger partial charge in [0.25, 0.3) is 5.91 Å². The summed E-state index contributed by atoms with van der Waals surface area (Å²) in [5.74, 6) is -0.476. The van der Waals surface area contributed by atoms with Gasteiger partial charge in [-0.2, -0.15) is 0 Å². The molecule has 3 rings (SSSR count). The van der Waals surface area contributed by atoms with Gasteiger partial charge in [0.05, 0.1) is 11.5 Å². The maximum Gasteiger partial charge on any atom is 0.311 e. The molecule has 0 unspecified atom stereocenters. The van der Waals surface area contributed by atoms with Crippen molar-refractivity contribution in [3.05, 3.63) is 98.6 Å². The van der Waals surface area contributed by atoms with E-state index in [0.29, 0.717) is 21.8 Å². The van der Waals surface area contributed by atoms with E-state index in [1.54, 1.807) is 49.4 Å². The number of anilines is 1. The van der Waals surface area contributed by atoms with Crippen LogP contribution in [-0.4, -0.2) is 22.5 Å². The standard InChI is InChI=1S/C22H19ClN2O5/c1-2-30-20-11-8-15(12-19(20)25(28)29)22(27)24-18-10-9-16(23)13-17(18)21(26)14-6-4-3-5-7-14/h3-13,21,26H,2H2,1H3,(H,24,27)/t21-/m1/s1. The Balaban J connectivity index is 1.92. The number of nitro groups is 1. The van der Waals surface area contributed by atoms with Crippen molar-refractivity contribution in [3.8, 4) is 5.75 Å². The van der Waals surface area contributed by atoms with Crippen molar-refractivity contribution in [1.82, 2.24) is 0 Å². The van der Waals surface area contributed by atoms with E-state index in [2.05, 4.69) is 5.32 Å². The number of ether oxygens (including phenoxy) is 1. The number of nitro benzene ring substituents is 1. The molecular weight excluding hydrogens is 408 g/mol. The first-order chi connectivity index (χ1) is 14.4. The molecule has 3 aromatic carbocycles. The Morgan fingerprint density at radius 3 is 2.57 bits per heavy atom. The second-order valence-corrected chi connectivity index (χ2v) is 6.81. The molecule has 3 aromatic rings. The fourth-order valence-electron chi connectivity index (χ4n) is 2.96. The zero-order chi connectivity index (χ0) is 21.7. The molecule has 0 aliphatic heterocycles. The van der Waals surface area contributed by atoms with Crippen LogP contribution < -0.4 is 10.1 Å². The molecule has 154 valence electrons. The zero-order valence-corrected chi connectivity index (χ0v) is 16.8. The summed E-state index contributed by atoms with van der Waals surface area (Å²) in [6.07, 6.45) is -1.02. The third kappa shape index (κ3) is 4.76. The highest BCUT2D eigenvalue weighted by Crippen LogP contribution is 2.32. The van der Waals surface area contributed by atoms with Crippen LogP contribution in [0.25, 0.3) is 0 Å². The van der Waals surface area contributed by atoms with E-state index in [4.69, 9.17) is 16.3 Å². The second-order valence-electron chi connectivity index (χ2n) is 6.37. The van der Waals surface area contributed by atoms with Gasteiger partial charge in [-0.1, -0.05) is 41.9 Å². The van der Waals surface area contributed by atoms with Crippen molar-refractivity contribution < 1.29 is 19.6 Å². The van der Waals surface area contributed by atoms with Crippen LogP contribution in [-0.2, 0) is 0 Å². The Morgan fingerprint density at radius 2 is 1.90 bits per heavy atom. The number of halogens is 1. The Hall–Kier alpha value is -3.42. The molecule has 1 atom stereocenters. The third-order valence-corrected chi connectivity index (χ3v) is 4.62. The molecule has 8 heteroatoms. The molecule has 0 heterocycles. The van der Waals surface area contributed by atoms with Crippen LogP contribution in [0.5, 0.6) is 5.75 Å². The first-order valence-corrected chi connectivity index (χ1v) is 9.53. The van der Waals surface area contributed by atoms with Crippen LogP contribution in [0, 0.1) is 10.1 Å². The van der Waals surface area contributed by atoms with Crippen LogP contribution >= 0.6 is 11.6 Å². The maximum atomic E-state index is 12.8. The normalized spacial score (nSPS) is 11.6. The Morgan fingerprint density at radius 1 is 1.17 bits per heavy atom. The highest BCUT2D eigenvalue weighted by Gasteiger charge is 2.21. The quantitative estimate of drug-likeness (QED) is 0.409. The smallest absolute Gasteiger partial charge is 0.311 e. The lowest BCUT2D eigenvalue weighted by Gasteiger charge is -2.17. The Labute approximate surface area is 178 Å². The number of benzene rings is 3. The lowest BCUT2D eigenvalue weighted by molar-refractivity contribution is -0.385. The molecule has 2 N–H and O–H groups in total. The monoisotopic (exact) mass is 426 g/mol. The minimum atomic E-state index is -1.02. The predicted molar refractivity (Wildman–Crippen MR) is 114 cm³/mol. The summed E-state index contributed by atoms with van der Waals surface area (Å²) in [5, 5.41) is 25.2. The SMILES string of the molecule is CCOc1ccc(C(=O)Nc2ccc(Cl)cc2[C@H](O)c2ccccc2)cc1[N+](=O)[O-]. The van der Waals surface area contributed by atoms with Gasteiger partial charge in [-0.15, -0.1) is 0 Å². The fraction of sp³-hybridized carbons (Fsp3) is 0.136. The summed E-state index contributed by atoms with van der Waals surface area (Å²) < 4.78 is 5.24. The molecule has 1 amide bonds. The Kier molecular flexibility index (Phi) is 6.66. The molecule has 0 saturated heterocycles. The van der Waals surface area contributed by atoms with Crippen molar-refractivity contribution >= 4 is 28.9 Å². The molecule has 0 radical (unpaired) electrons.